The summed E-state index contributed by atoms with van der Waals surface area (Å²) in [5.74, 6) is -0.326. The molecule has 30 heavy (non-hydrogen) atoms. The maximum atomic E-state index is 12.5. The molecule has 0 atom stereocenters. The van der Waals surface area contributed by atoms with Crippen molar-refractivity contribution in [3.05, 3.63) is 65.7 Å². The molecule has 0 saturated heterocycles. The monoisotopic (exact) mass is 462 g/mol. The fraction of sp³-hybridized carbons (Fsp3) is 0.250. The summed E-state index contributed by atoms with van der Waals surface area (Å²) in [6, 6.07) is 15.8. The Kier molecular flexibility index (Phi) is 7.11. The molecule has 10 heteroatoms. The first-order valence-corrected chi connectivity index (χ1v) is 12.7. The quantitative estimate of drug-likeness (QED) is 0.397. The molecule has 0 aliphatic heterocycles. The van der Waals surface area contributed by atoms with E-state index in [4.69, 9.17) is 0 Å². The number of nitrogens with one attached hydrogen (secondary N) is 1. The minimum absolute atomic E-state index is 0.215. The van der Waals surface area contributed by atoms with E-state index in [9.17, 15) is 13.2 Å². The summed E-state index contributed by atoms with van der Waals surface area (Å²) < 4.78 is 26.7. The Bertz CT molecular complexity index is 1100. The zero-order valence-electron chi connectivity index (χ0n) is 16.8. The molecule has 0 spiro atoms. The predicted molar refractivity (Wildman–Crippen MR) is 123 cm³/mol. The summed E-state index contributed by atoms with van der Waals surface area (Å²) in [6.45, 7) is 4.33. The van der Waals surface area contributed by atoms with Crippen LogP contribution in [0.1, 0.15) is 29.8 Å². The number of hydrogen-bond acceptors (Lipinski definition) is 7. The molecule has 7 nitrogen and oxygen atoms in total. The second-order valence-electron chi connectivity index (χ2n) is 6.80. The van der Waals surface area contributed by atoms with E-state index in [1.807, 2.05) is 30.3 Å². The van der Waals surface area contributed by atoms with Crippen LogP contribution < -0.4 is 9.62 Å². The molecule has 1 heterocycles. The first kappa shape index (κ1) is 22.3. The van der Waals surface area contributed by atoms with Gasteiger partial charge in [-0.2, -0.15) is 0 Å². The summed E-state index contributed by atoms with van der Waals surface area (Å²) in [5.41, 5.74) is 1.76. The molecule has 0 bridgehead atoms. The molecule has 158 valence electrons. The SMILES string of the molecule is CC(C)Sc1nnc(NC(=O)c2ccc(N(Cc3ccccc3)S(C)(=O)=O)cc2)s1. The van der Waals surface area contributed by atoms with E-state index >= 15 is 0 Å². The first-order valence-electron chi connectivity index (χ1n) is 9.15. The third-order valence-corrected chi connectivity index (χ3v) is 7.02. The molecule has 0 aliphatic carbocycles. The number of benzene rings is 2. The van der Waals surface area contributed by atoms with Crippen LogP contribution in [0.3, 0.4) is 0 Å². The van der Waals surface area contributed by atoms with E-state index in [1.165, 1.54) is 21.9 Å². The van der Waals surface area contributed by atoms with E-state index < -0.39 is 10.0 Å². The summed E-state index contributed by atoms with van der Waals surface area (Å²) in [4.78, 5) is 12.5. The van der Waals surface area contributed by atoms with Crippen LogP contribution in [0.25, 0.3) is 0 Å². The van der Waals surface area contributed by atoms with Crippen molar-refractivity contribution < 1.29 is 13.2 Å². The highest BCUT2D eigenvalue weighted by atomic mass is 32.2. The number of sulfonamides is 1. The number of nitrogens with zero attached hydrogens (tertiary/aromatic N) is 3. The van der Waals surface area contributed by atoms with Crippen molar-refractivity contribution >= 4 is 49.8 Å². The highest BCUT2D eigenvalue weighted by Crippen LogP contribution is 2.29. The van der Waals surface area contributed by atoms with Crippen LogP contribution in [0.2, 0.25) is 0 Å². The number of thioether (sulfide) groups is 1. The van der Waals surface area contributed by atoms with Gasteiger partial charge in [0.15, 0.2) is 4.34 Å². The Balaban J connectivity index is 1.73. The van der Waals surface area contributed by atoms with E-state index in [2.05, 4.69) is 29.4 Å². The second kappa shape index (κ2) is 9.59. The molecule has 0 saturated carbocycles. The lowest BCUT2D eigenvalue weighted by molar-refractivity contribution is 0.102. The Morgan fingerprint density at radius 2 is 1.77 bits per heavy atom. The Hall–Kier alpha value is -2.43. The van der Waals surface area contributed by atoms with Crippen molar-refractivity contribution in [3.63, 3.8) is 0 Å². The number of carbonyl (C=O) groups is 1. The molecular weight excluding hydrogens is 440 g/mol. The van der Waals surface area contributed by atoms with Crippen LogP contribution in [-0.2, 0) is 16.6 Å². The van der Waals surface area contributed by atoms with Gasteiger partial charge < -0.3 is 0 Å². The lowest BCUT2D eigenvalue weighted by atomic mass is 10.2. The number of rotatable bonds is 8. The Labute approximate surface area is 184 Å². The summed E-state index contributed by atoms with van der Waals surface area (Å²) in [6.07, 6.45) is 1.17. The van der Waals surface area contributed by atoms with Gasteiger partial charge >= 0.3 is 0 Å². The van der Waals surface area contributed by atoms with Gasteiger partial charge in [0.1, 0.15) is 0 Å². The molecule has 0 unspecified atom stereocenters. The minimum Gasteiger partial charge on any atom is -0.296 e. The number of amides is 1. The van der Waals surface area contributed by atoms with E-state index in [0.717, 1.165) is 9.90 Å². The van der Waals surface area contributed by atoms with Crippen molar-refractivity contribution in [1.29, 1.82) is 0 Å². The summed E-state index contributed by atoms with van der Waals surface area (Å²) >= 11 is 2.90. The van der Waals surface area contributed by atoms with Crippen molar-refractivity contribution in [3.8, 4) is 0 Å². The average molecular weight is 463 g/mol. The lowest BCUT2D eigenvalue weighted by Crippen LogP contribution is -2.29. The Morgan fingerprint density at radius 1 is 1.10 bits per heavy atom. The zero-order chi connectivity index (χ0) is 21.7. The molecule has 1 N–H and O–H groups in total. The third kappa shape index (κ3) is 6.04. The van der Waals surface area contributed by atoms with Crippen molar-refractivity contribution in [2.24, 2.45) is 0 Å². The molecule has 3 rings (SSSR count). The molecule has 0 fully saturated rings. The molecule has 1 aromatic heterocycles. The first-order chi connectivity index (χ1) is 14.2. The van der Waals surface area contributed by atoms with Gasteiger partial charge in [-0.15, -0.1) is 10.2 Å². The van der Waals surface area contributed by atoms with Gasteiger partial charge in [0.05, 0.1) is 18.5 Å². The molecule has 1 amide bonds. The fourth-order valence-corrected chi connectivity index (χ4v) is 5.47. The standard InChI is InChI=1S/C20H22N4O3S3/c1-14(2)28-20-23-22-19(29-20)21-18(25)16-9-11-17(12-10-16)24(30(3,26)27)13-15-7-5-4-6-8-15/h4-12,14H,13H2,1-3H3,(H,21,22,25). The summed E-state index contributed by atoms with van der Waals surface area (Å²) in [5, 5.41) is 11.6. The van der Waals surface area contributed by atoms with Crippen LogP contribution in [0.15, 0.2) is 58.9 Å². The predicted octanol–water partition coefficient (Wildman–Crippen LogP) is 4.26. The van der Waals surface area contributed by atoms with Crippen LogP contribution in [0.5, 0.6) is 0 Å². The van der Waals surface area contributed by atoms with Crippen molar-refractivity contribution in [1.82, 2.24) is 10.2 Å². The number of carbonyl (C=O) groups excluding carboxylic acids is 1. The maximum absolute atomic E-state index is 12.5. The molecule has 0 radical (unpaired) electrons. The van der Waals surface area contributed by atoms with Gasteiger partial charge in [0.25, 0.3) is 5.91 Å². The lowest BCUT2D eigenvalue weighted by Gasteiger charge is -2.22. The Morgan fingerprint density at radius 3 is 2.37 bits per heavy atom. The largest absolute Gasteiger partial charge is 0.296 e. The van der Waals surface area contributed by atoms with Gasteiger partial charge in [0, 0.05) is 10.8 Å². The van der Waals surface area contributed by atoms with Crippen LogP contribution in [-0.4, -0.2) is 36.0 Å². The van der Waals surface area contributed by atoms with Gasteiger partial charge in [0.2, 0.25) is 15.2 Å². The summed E-state index contributed by atoms with van der Waals surface area (Å²) in [7, 11) is -3.49. The average Bonchev–Trinajstić information content (AvgIpc) is 3.12. The van der Waals surface area contributed by atoms with Gasteiger partial charge in [-0.1, -0.05) is 67.3 Å². The van der Waals surface area contributed by atoms with Gasteiger partial charge in [-0.05, 0) is 29.8 Å². The molecular formula is C20H22N4O3S3. The van der Waals surface area contributed by atoms with Crippen LogP contribution in [0, 0.1) is 0 Å². The number of hydrogen-bond donors (Lipinski definition) is 1. The van der Waals surface area contributed by atoms with Crippen LogP contribution >= 0.6 is 23.1 Å². The molecule has 0 aliphatic rings. The van der Waals surface area contributed by atoms with Crippen LogP contribution in [0.4, 0.5) is 10.8 Å². The second-order valence-corrected chi connectivity index (χ2v) is 11.5. The normalized spacial score (nSPS) is 11.5. The third-order valence-electron chi connectivity index (χ3n) is 3.95. The van der Waals surface area contributed by atoms with E-state index in [1.54, 1.807) is 36.0 Å². The molecule has 2 aromatic carbocycles. The molecule has 3 aromatic rings. The fourth-order valence-electron chi connectivity index (χ4n) is 2.61. The van der Waals surface area contributed by atoms with Crippen molar-refractivity contribution in [2.75, 3.05) is 15.9 Å². The zero-order valence-corrected chi connectivity index (χ0v) is 19.2. The number of anilines is 2. The maximum Gasteiger partial charge on any atom is 0.257 e. The highest BCUT2D eigenvalue weighted by molar-refractivity contribution is 8.01. The van der Waals surface area contributed by atoms with E-state index in [0.29, 0.717) is 21.6 Å². The van der Waals surface area contributed by atoms with E-state index in [-0.39, 0.29) is 12.5 Å². The smallest absolute Gasteiger partial charge is 0.257 e. The number of aromatic nitrogens is 2. The van der Waals surface area contributed by atoms with Crippen molar-refractivity contribution in [2.45, 2.75) is 30.0 Å². The topological polar surface area (TPSA) is 92.3 Å². The van der Waals surface area contributed by atoms with Gasteiger partial charge in [-0.3, -0.25) is 14.4 Å². The minimum atomic E-state index is -3.49. The van der Waals surface area contributed by atoms with Gasteiger partial charge in [-0.25, -0.2) is 8.42 Å². The highest BCUT2D eigenvalue weighted by Gasteiger charge is 2.19.